The SMILES string of the molecule is COc1cccc(OCc2nc3ccccc3n2CCCC#N)c1. The summed E-state index contributed by atoms with van der Waals surface area (Å²) in [4.78, 5) is 4.67. The number of nitriles is 1. The zero-order valence-electron chi connectivity index (χ0n) is 13.6. The van der Waals surface area contributed by atoms with E-state index in [0.29, 0.717) is 13.0 Å². The number of aromatic nitrogens is 2. The number of imidazole rings is 1. The molecule has 0 aliphatic heterocycles. The van der Waals surface area contributed by atoms with Crippen molar-refractivity contribution in [3.63, 3.8) is 0 Å². The van der Waals surface area contributed by atoms with Gasteiger partial charge in [-0.25, -0.2) is 4.98 Å². The van der Waals surface area contributed by atoms with Gasteiger partial charge in [0.05, 0.1) is 24.2 Å². The lowest BCUT2D eigenvalue weighted by Crippen LogP contribution is -2.07. The number of rotatable bonds is 7. The molecule has 0 saturated heterocycles. The van der Waals surface area contributed by atoms with Crippen LogP contribution in [0.25, 0.3) is 11.0 Å². The number of aryl methyl sites for hydroxylation is 1. The normalized spacial score (nSPS) is 10.5. The van der Waals surface area contributed by atoms with Crippen molar-refractivity contribution >= 4 is 11.0 Å². The molecule has 0 unspecified atom stereocenters. The second kappa shape index (κ2) is 7.51. The smallest absolute Gasteiger partial charge is 0.147 e. The summed E-state index contributed by atoms with van der Waals surface area (Å²) in [6.07, 6.45) is 1.33. The molecule has 122 valence electrons. The van der Waals surface area contributed by atoms with Crippen LogP contribution in [-0.4, -0.2) is 16.7 Å². The Morgan fingerprint density at radius 1 is 1.12 bits per heavy atom. The van der Waals surface area contributed by atoms with Gasteiger partial charge < -0.3 is 14.0 Å². The van der Waals surface area contributed by atoms with Crippen LogP contribution in [0.3, 0.4) is 0 Å². The molecule has 0 spiro atoms. The summed E-state index contributed by atoms with van der Waals surface area (Å²) in [5, 5.41) is 8.77. The van der Waals surface area contributed by atoms with E-state index in [2.05, 4.69) is 15.6 Å². The van der Waals surface area contributed by atoms with Crippen molar-refractivity contribution in [2.45, 2.75) is 26.0 Å². The number of hydrogen-bond donors (Lipinski definition) is 0. The fraction of sp³-hybridized carbons (Fsp3) is 0.263. The Balaban J connectivity index is 1.82. The highest BCUT2D eigenvalue weighted by Crippen LogP contribution is 2.22. The first-order valence-corrected chi connectivity index (χ1v) is 7.90. The van der Waals surface area contributed by atoms with Crippen molar-refractivity contribution in [2.24, 2.45) is 0 Å². The maximum atomic E-state index is 8.77. The van der Waals surface area contributed by atoms with Gasteiger partial charge in [-0.15, -0.1) is 0 Å². The fourth-order valence-electron chi connectivity index (χ4n) is 2.64. The Kier molecular flexibility index (Phi) is 4.97. The largest absolute Gasteiger partial charge is 0.497 e. The molecule has 0 fully saturated rings. The highest BCUT2D eigenvalue weighted by molar-refractivity contribution is 5.75. The van der Waals surface area contributed by atoms with E-state index >= 15 is 0 Å². The number of unbranched alkanes of at least 4 members (excludes halogenated alkanes) is 1. The van der Waals surface area contributed by atoms with Crippen molar-refractivity contribution in [1.29, 1.82) is 5.26 Å². The highest BCUT2D eigenvalue weighted by Gasteiger charge is 2.11. The first kappa shape index (κ1) is 15.9. The van der Waals surface area contributed by atoms with Gasteiger partial charge in [0.15, 0.2) is 0 Å². The van der Waals surface area contributed by atoms with Gasteiger partial charge in [-0.05, 0) is 30.7 Å². The van der Waals surface area contributed by atoms with E-state index in [1.807, 2.05) is 48.5 Å². The van der Waals surface area contributed by atoms with Crippen LogP contribution < -0.4 is 9.47 Å². The average molecular weight is 321 g/mol. The molecule has 0 saturated carbocycles. The molecular weight excluding hydrogens is 302 g/mol. The molecule has 0 aliphatic carbocycles. The first-order chi connectivity index (χ1) is 11.8. The molecule has 0 aliphatic rings. The Morgan fingerprint density at radius 2 is 1.96 bits per heavy atom. The monoisotopic (exact) mass is 321 g/mol. The quantitative estimate of drug-likeness (QED) is 0.619. The van der Waals surface area contributed by atoms with Crippen molar-refractivity contribution in [3.05, 3.63) is 54.4 Å². The highest BCUT2D eigenvalue weighted by atomic mass is 16.5. The zero-order valence-corrected chi connectivity index (χ0v) is 13.6. The summed E-state index contributed by atoms with van der Waals surface area (Å²) in [6.45, 7) is 1.12. The van der Waals surface area contributed by atoms with Crippen molar-refractivity contribution < 1.29 is 9.47 Å². The van der Waals surface area contributed by atoms with Crippen LogP contribution >= 0.6 is 0 Å². The van der Waals surface area contributed by atoms with Crippen molar-refractivity contribution in [1.82, 2.24) is 9.55 Å². The summed E-state index contributed by atoms with van der Waals surface area (Å²) in [5.41, 5.74) is 2.01. The Labute approximate surface area is 141 Å². The van der Waals surface area contributed by atoms with E-state index < -0.39 is 0 Å². The molecule has 0 amide bonds. The lowest BCUT2D eigenvalue weighted by atomic mass is 10.3. The Hall–Kier alpha value is -3.00. The average Bonchev–Trinajstić information content (AvgIpc) is 2.98. The van der Waals surface area contributed by atoms with Gasteiger partial charge in [0.2, 0.25) is 0 Å². The fourth-order valence-corrected chi connectivity index (χ4v) is 2.64. The lowest BCUT2D eigenvalue weighted by Gasteiger charge is -2.10. The first-order valence-electron chi connectivity index (χ1n) is 7.90. The minimum atomic E-state index is 0.369. The molecule has 2 aromatic carbocycles. The molecule has 5 nitrogen and oxygen atoms in total. The van der Waals surface area contributed by atoms with Crippen LogP contribution in [0.2, 0.25) is 0 Å². The second-order valence-corrected chi connectivity index (χ2v) is 5.40. The van der Waals surface area contributed by atoms with E-state index in [1.54, 1.807) is 7.11 Å². The predicted molar refractivity (Wildman–Crippen MR) is 91.9 cm³/mol. The third-order valence-electron chi connectivity index (χ3n) is 3.81. The van der Waals surface area contributed by atoms with Crippen molar-refractivity contribution in [2.75, 3.05) is 7.11 Å². The van der Waals surface area contributed by atoms with Crippen LogP contribution in [0.5, 0.6) is 11.5 Å². The van der Waals surface area contributed by atoms with E-state index in [4.69, 9.17) is 14.7 Å². The van der Waals surface area contributed by atoms with Crippen LogP contribution in [0.1, 0.15) is 18.7 Å². The number of para-hydroxylation sites is 2. The number of nitrogens with zero attached hydrogens (tertiary/aromatic N) is 3. The van der Waals surface area contributed by atoms with Gasteiger partial charge in [0, 0.05) is 19.0 Å². The molecule has 0 radical (unpaired) electrons. The molecule has 24 heavy (non-hydrogen) atoms. The Bertz CT molecular complexity index is 864. The van der Waals surface area contributed by atoms with E-state index in [0.717, 1.165) is 41.3 Å². The van der Waals surface area contributed by atoms with E-state index in [-0.39, 0.29) is 0 Å². The Morgan fingerprint density at radius 3 is 2.79 bits per heavy atom. The summed E-state index contributed by atoms with van der Waals surface area (Å²) in [7, 11) is 1.63. The maximum absolute atomic E-state index is 8.77. The standard InChI is InChI=1S/C19H19N3O2/c1-23-15-7-6-8-16(13-15)24-14-19-21-17-9-2-3-10-18(17)22(19)12-5-4-11-20/h2-3,6-10,13H,4-5,12,14H2,1H3. The topological polar surface area (TPSA) is 60.1 Å². The molecule has 3 aromatic rings. The molecule has 0 N–H and O–H groups in total. The van der Waals surface area contributed by atoms with Gasteiger partial charge in [0.25, 0.3) is 0 Å². The van der Waals surface area contributed by atoms with Gasteiger partial charge in [-0.3, -0.25) is 0 Å². The number of methoxy groups -OCH3 is 1. The molecule has 0 bridgehead atoms. The molecule has 5 heteroatoms. The molecule has 1 heterocycles. The second-order valence-electron chi connectivity index (χ2n) is 5.40. The van der Waals surface area contributed by atoms with Crippen LogP contribution in [0.15, 0.2) is 48.5 Å². The number of fused-ring (bicyclic) bond motifs is 1. The van der Waals surface area contributed by atoms with E-state index in [1.165, 1.54) is 0 Å². The van der Waals surface area contributed by atoms with Gasteiger partial charge in [-0.2, -0.15) is 5.26 Å². The number of benzene rings is 2. The van der Waals surface area contributed by atoms with E-state index in [9.17, 15) is 0 Å². The van der Waals surface area contributed by atoms with Crippen LogP contribution in [-0.2, 0) is 13.2 Å². The van der Waals surface area contributed by atoms with Gasteiger partial charge >= 0.3 is 0 Å². The number of hydrogen-bond acceptors (Lipinski definition) is 4. The predicted octanol–water partition coefficient (Wildman–Crippen LogP) is 3.93. The summed E-state index contributed by atoms with van der Waals surface area (Å²) < 4.78 is 13.2. The molecule has 1 aromatic heterocycles. The molecular formula is C19H19N3O2. The lowest BCUT2D eigenvalue weighted by molar-refractivity contribution is 0.288. The third-order valence-corrected chi connectivity index (χ3v) is 3.81. The molecule has 3 rings (SSSR count). The van der Waals surface area contributed by atoms with Gasteiger partial charge in [0.1, 0.15) is 23.9 Å². The third kappa shape index (κ3) is 3.49. The summed E-state index contributed by atoms with van der Waals surface area (Å²) >= 11 is 0. The minimum Gasteiger partial charge on any atom is -0.497 e. The summed E-state index contributed by atoms with van der Waals surface area (Å²) in [6, 6.07) is 17.7. The summed E-state index contributed by atoms with van der Waals surface area (Å²) in [5.74, 6) is 2.36. The van der Waals surface area contributed by atoms with Gasteiger partial charge in [-0.1, -0.05) is 18.2 Å². The van der Waals surface area contributed by atoms with Crippen LogP contribution in [0, 0.1) is 11.3 Å². The molecule has 0 atom stereocenters. The number of ether oxygens (including phenoxy) is 2. The van der Waals surface area contributed by atoms with Crippen molar-refractivity contribution in [3.8, 4) is 17.6 Å². The maximum Gasteiger partial charge on any atom is 0.147 e. The van der Waals surface area contributed by atoms with Crippen LogP contribution in [0.4, 0.5) is 0 Å². The minimum absolute atomic E-state index is 0.369. The zero-order chi connectivity index (χ0) is 16.8.